The fourth-order valence-electron chi connectivity index (χ4n) is 0.952. The van der Waals surface area contributed by atoms with E-state index in [1.165, 1.54) is 4.88 Å². The molecule has 0 saturated heterocycles. The van der Waals surface area contributed by atoms with Crippen molar-refractivity contribution >= 4 is 22.9 Å². The molecule has 0 aliphatic rings. The quantitative estimate of drug-likeness (QED) is 0.837. The van der Waals surface area contributed by atoms with Gasteiger partial charge in [0.2, 0.25) is 0 Å². The van der Waals surface area contributed by atoms with Crippen molar-refractivity contribution in [2.24, 2.45) is 0 Å². The third-order valence-electron chi connectivity index (χ3n) is 1.72. The predicted octanol–water partition coefficient (Wildman–Crippen LogP) is 2.79. The molecule has 0 aliphatic heterocycles. The monoisotopic (exact) mass is 214 g/mol. The summed E-state index contributed by atoms with van der Waals surface area (Å²) in [6.07, 6.45) is 0.829. The first-order valence-electron chi connectivity index (χ1n) is 4.13. The largest absolute Gasteiger partial charge is 0.297 e. The highest BCUT2D eigenvalue weighted by Gasteiger charge is 2.03. The molecule has 1 atom stereocenters. The number of nitrogens with one attached hydrogen (secondary N) is 1. The van der Waals surface area contributed by atoms with E-state index in [9.17, 15) is 0 Å². The van der Waals surface area contributed by atoms with Crippen LogP contribution in [0.3, 0.4) is 0 Å². The fourth-order valence-corrected chi connectivity index (χ4v) is 1.99. The molecular weight excluding hydrogens is 204 g/mol. The molecule has 1 N–H and O–H groups in total. The van der Waals surface area contributed by atoms with Crippen molar-refractivity contribution in [3.63, 3.8) is 0 Å². The van der Waals surface area contributed by atoms with Gasteiger partial charge in [0.25, 0.3) is 0 Å². The van der Waals surface area contributed by atoms with Crippen LogP contribution in [0, 0.1) is 11.3 Å². The Balaban J connectivity index is 2.39. The molecule has 1 heterocycles. The SMILES string of the molecule is CCC(C#N)NCc1ccc(Cl)s1. The molecular formula is C9H11ClN2S. The first-order valence-corrected chi connectivity index (χ1v) is 5.33. The van der Waals surface area contributed by atoms with E-state index < -0.39 is 0 Å². The number of nitriles is 1. The molecule has 4 heteroatoms. The van der Waals surface area contributed by atoms with Crippen molar-refractivity contribution in [1.29, 1.82) is 5.26 Å². The molecule has 0 bridgehead atoms. The normalized spacial score (nSPS) is 12.4. The van der Waals surface area contributed by atoms with Crippen LogP contribution in [-0.4, -0.2) is 6.04 Å². The van der Waals surface area contributed by atoms with E-state index >= 15 is 0 Å². The second-order valence-electron chi connectivity index (χ2n) is 2.68. The van der Waals surface area contributed by atoms with Crippen molar-refractivity contribution in [3.05, 3.63) is 21.3 Å². The van der Waals surface area contributed by atoms with Crippen molar-refractivity contribution in [2.45, 2.75) is 25.9 Å². The average Bonchev–Trinajstić information content (AvgIpc) is 2.53. The van der Waals surface area contributed by atoms with Gasteiger partial charge < -0.3 is 0 Å². The van der Waals surface area contributed by atoms with E-state index in [1.807, 2.05) is 19.1 Å². The predicted molar refractivity (Wildman–Crippen MR) is 55.9 cm³/mol. The number of halogens is 1. The number of hydrogen-bond acceptors (Lipinski definition) is 3. The topological polar surface area (TPSA) is 35.8 Å². The smallest absolute Gasteiger partial charge is 0.0953 e. The van der Waals surface area contributed by atoms with Gasteiger partial charge in [0.1, 0.15) is 0 Å². The lowest BCUT2D eigenvalue weighted by atomic mass is 10.2. The molecule has 1 aromatic heterocycles. The van der Waals surface area contributed by atoms with Gasteiger partial charge in [0.05, 0.1) is 16.4 Å². The zero-order valence-electron chi connectivity index (χ0n) is 7.38. The molecule has 0 fully saturated rings. The minimum Gasteiger partial charge on any atom is -0.297 e. The summed E-state index contributed by atoms with van der Waals surface area (Å²) in [4.78, 5) is 1.17. The van der Waals surface area contributed by atoms with Crippen LogP contribution < -0.4 is 5.32 Å². The Kier molecular flexibility index (Phi) is 4.23. The molecule has 0 aromatic carbocycles. The molecule has 70 valence electrons. The van der Waals surface area contributed by atoms with Crippen molar-refractivity contribution < 1.29 is 0 Å². The Labute approximate surface area is 87.1 Å². The van der Waals surface area contributed by atoms with Crippen LogP contribution in [0.5, 0.6) is 0 Å². The molecule has 13 heavy (non-hydrogen) atoms. The Morgan fingerprint density at radius 1 is 1.69 bits per heavy atom. The minimum atomic E-state index is -0.0547. The Morgan fingerprint density at radius 3 is 2.92 bits per heavy atom. The number of thiophene rings is 1. The number of nitrogens with zero attached hydrogens (tertiary/aromatic N) is 1. The van der Waals surface area contributed by atoms with Gasteiger partial charge in [0, 0.05) is 11.4 Å². The van der Waals surface area contributed by atoms with Crippen LogP contribution in [0.1, 0.15) is 18.2 Å². The van der Waals surface area contributed by atoms with Crippen molar-refractivity contribution in [3.8, 4) is 6.07 Å². The molecule has 0 radical (unpaired) electrons. The van der Waals surface area contributed by atoms with E-state index in [0.29, 0.717) is 0 Å². The van der Waals surface area contributed by atoms with E-state index in [4.69, 9.17) is 16.9 Å². The molecule has 0 aliphatic carbocycles. The highest BCUT2D eigenvalue weighted by Crippen LogP contribution is 2.21. The van der Waals surface area contributed by atoms with Crippen LogP contribution >= 0.6 is 22.9 Å². The first kappa shape index (κ1) is 10.5. The van der Waals surface area contributed by atoms with Crippen molar-refractivity contribution in [2.75, 3.05) is 0 Å². The first-order chi connectivity index (χ1) is 6.26. The van der Waals surface area contributed by atoms with E-state index in [1.54, 1.807) is 11.3 Å². The van der Waals surface area contributed by atoms with Crippen LogP contribution in [-0.2, 0) is 6.54 Å². The number of hydrogen-bond donors (Lipinski definition) is 1. The standard InChI is InChI=1S/C9H11ClN2S/c1-2-7(5-11)12-6-8-3-4-9(10)13-8/h3-4,7,12H,2,6H2,1H3. The van der Waals surface area contributed by atoms with E-state index in [2.05, 4.69) is 11.4 Å². The summed E-state index contributed by atoms with van der Waals surface area (Å²) in [7, 11) is 0. The lowest BCUT2D eigenvalue weighted by Crippen LogP contribution is -2.25. The maximum atomic E-state index is 8.67. The maximum absolute atomic E-state index is 8.67. The molecule has 0 amide bonds. The second-order valence-corrected chi connectivity index (χ2v) is 4.48. The minimum absolute atomic E-state index is 0.0547. The van der Waals surface area contributed by atoms with Crippen LogP contribution in [0.25, 0.3) is 0 Å². The van der Waals surface area contributed by atoms with Crippen molar-refractivity contribution in [1.82, 2.24) is 5.32 Å². The van der Waals surface area contributed by atoms with Crippen LogP contribution in [0.4, 0.5) is 0 Å². The fraction of sp³-hybridized carbons (Fsp3) is 0.444. The lowest BCUT2D eigenvalue weighted by Gasteiger charge is -2.06. The summed E-state index contributed by atoms with van der Waals surface area (Å²) >= 11 is 7.31. The zero-order chi connectivity index (χ0) is 9.68. The maximum Gasteiger partial charge on any atom is 0.0953 e. The molecule has 1 unspecified atom stereocenters. The van der Waals surface area contributed by atoms with Gasteiger partial charge in [-0.05, 0) is 18.6 Å². The highest BCUT2D eigenvalue weighted by atomic mass is 35.5. The second kappa shape index (κ2) is 5.23. The van der Waals surface area contributed by atoms with Gasteiger partial charge in [-0.3, -0.25) is 5.32 Å². The molecule has 1 aromatic rings. The highest BCUT2D eigenvalue weighted by molar-refractivity contribution is 7.16. The summed E-state index contributed by atoms with van der Waals surface area (Å²) in [6, 6.07) is 5.98. The van der Waals surface area contributed by atoms with Gasteiger partial charge in [-0.2, -0.15) is 5.26 Å². The third-order valence-corrected chi connectivity index (χ3v) is 2.95. The molecule has 1 rings (SSSR count). The van der Waals surface area contributed by atoms with Crippen LogP contribution in [0.15, 0.2) is 12.1 Å². The van der Waals surface area contributed by atoms with Gasteiger partial charge >= 0.3 is 0 Å². The summed E-state index contributed by atoms with van der Waals surface area (Å²) in [5.74, 6) is 0. The van der Waals surface area contributed by atoms with Gasteiger partial charge in [0.15, 0.2) is 0 Å². The van der Waals surface area contributed by atoms with Crippen LogP contribution in [0.2, 0.25) is 4.34 Å². The summed E-state index contributed by atoms with van der Waals surface area (Å²) in [5, 5.41) is 11.8. The molecule has 0 spiro atoms. The van der Waals surface area contributed by atoms with Gasteiger partial charge in [-0.1, -0.05) is 18.5 Å². The van der Waals surface area contributed by atoms with E-state index in [-0.39, 0.29) is 6.04 Å². The Bertz CT molecular complexity index is 303. The van der Waals surface area contributed by atoms with Gasteiger partial charge in [-0.25, -0.2) is 0 Å². The summed E-state index contributed by atoms with van der Waals surface area (Å²) < 4.78 is 0.793. The van der Waals surface area contributed by atoms with E-state index in [0.717, 1.165) is 17.3 Å². The molecule has 0 saturated carbocycles. The van der Waals surface area contributed by atoms with Gasteiger partial charge in [-0.15, -0.1) is 11.3 Å². The zero-order valence-corrected chi connectivity index (χ0v) is 8.95. The molecule has 2 nitrogen and oxygen atoms in total. The number of rotatable bonds is 4. The lowest BCUT2D eigenvalue weighted by molar-refractivity contribution is 0.591. The third kappa shape index (κ3) is 3.35. The Morgan fingerprint density at radius 2 is 2.46 bits per heavy atom. The summed E-state index contributed by atoms with van der Waals surface area (Å²) in [6.45, 7) is 2.71. The summed E-state index contributed by atoms with van der Waals surface area (Å²) in [5.41, 5.74) is 0. The Hall–Kier alpha value is -0.560. The average molecular weight is 215 g/mol.